The Kier molecular flexibility index (Phi) is 7.02. The molecule has 0 radical (unpaired) electrons. The minimum Gasteiger partial charge on any atom is -0.378 e. The quantitative estimate of drug-likeness (QED) is 0.642. The van der Waals surface area contributed by atoms with Crippen LogP contribution in [0.5, 0.6) is 0 Å². The molecule has 2 aliphatic heterocycles. The Balaban J connectivity index is 1.59. The fraction of sp³-hybridized carbons (Fsp3) is 0.632. The lowest BCUT2D eigenvalue weighted by Gasteiger charge is -2.34. The number of aliphatic imine (C=N–C) groups is 1. The van der Waals surface area contributed by atoms with Crippen LogP contribution in [0.4, 0.5) is 10.1 Å². The maximum atomic E-state index is 14.5. The van der Waals surface area contributed by atoms with Gasteiger partial charge in [-0.05, 0) is 24.1 Å². The minimum absolute atomic E-state index is 0.165. The monoisotopic (exact) mass is 380 g/mol. The lowest BCUT2D eigenvalue weighted by Crippen LogP contribution is -2.47. The van der Waals surface area contributed by atoms with Crippen LogP contribution in [0.25, 0.3) is 0 Å². The summed E-state index contributed by atoms with van der Waals surface area (Å²) in [6.07, 6.45) is 1.17. The summed E-state index contributed by atoms with van der Waals surface area (Å²) in [5.41, 5.74) is 1.60. The predicted octanol–water partition coefficient (Wildman–Crippen LogP) is 2.57. The van der Waals surface area contributed by atoms with Gasteiger partial charge >= 0.3 is 0 Å². The number of ether oxygens (including phenoxy) is 1. The molecule has 3 rings (SSSR count). The van der Waals surface area contributed by atoms with Crippen LogP contribution in [0, 0.1) is 5.82 Å². The number of thioether (sulfide) groups is 1. The largest absolute Gasteiger partial charge is 0.378 e. The number of nitrogens with zero attached hydrogens (tertiary/aromatic N) is 3. The lowest BCUT2D eigenvalue weighted by atomic mass is 10.1. The molecule has 1 atom stereocenters. The molecule has 7 heteroatoms. The fourth-order valence-corrected chi connectivity index (χ4v) is 4.57. The number of hydrogen-bond donors (Lipinski definition) is 1. The van der Waals surface area contributed by atoms with Crippen LogP contribution in [0.2, 0.25) is 0 Å². The van der Waals surface area contributed by atoms with Crippen LogP contribution >= 0.6 is 11.8 Å². The highest BCUT2D eigenvalue weighted by atomic mass is 32.2. The molecule has 0 saturated carbocycles. The van der Waals surface area contributed by atoms with Crippen LogP contribution in [0.15, 0.2) is 23.2 Å². The molecule has 0 spiro atoms. The molecule has 0 aliphatic carbocycles. The molecule has 1 aromatic rings. The van der Waals surface area contributed by atoms with Crippen LogP contribution in [0.1, 0.15) is 18.9 Å². The van der Waals surface area contributed by atoms with Crippen LogP contribution in [-0.4, -0.2) is 68.3 Å². The first kappa shape index (κ1) is 19.3. The Morgan fingerprint density at radius 3 is 2.85 bits per heavy atom. The molecule has 0 amide bonds. The fourth-order valence-electron chi connectivity index (χ4n) is 3.39. The summed E-state index contributed by atoms with van der Waals surface area (Å²) >= 11 is 2.04. The highest BCUT2D eigenvalue weighted by Crippen LogP contribution is 2.23. The van der Waals surface area contributed by atoms with Gasteiger partial charge in [-0.2, -0.15) is 11.8 Å². The van der Waals surface area contributed by atoms with E-state index < -0.39 is 0 Å². The lowest BCUT2D eigenvalue weighted by molar-refractivity contribution is 0.122. The molecule has 0 bridgehead atoms. The van der Waals surface area contributed by atoms with Gasteiger partial charge in [0.05, 0.1) is 18.9 Å². The topological polar surface area (TPSA) is 40.1 Å². The summed E-state index contributed by atoms with van der Waals surface area (Å²) in [5, 5.41) is 4.05. The summed E-state index contributed by atoms with van der Waals surface area (Å²) in [7, 11) is 1.81. The van der Waals surface area contributed by atoms with Crippen LogP contribution < -0.4 is 10.2 Å². The van der Waals surface area contributed by atoms with E-state index in [1.807, 2.05) is 35.8 Å². The van der Waals surface area contributed by atoms with E-state index in [2.05, 4.69) is 22.1 Å². The van der Waals surface area contributed by atoms with Gasteiger partial charge in [-0.25, -0.2) is 4.39 Å². The minimum atomic E-state index is -0.165. The molecule has 1 N–H and O–H groups in total. The SMILES string of the molecule is CCC1CN(C(=NC)NCc2ccc(N3CCOCC3)c(F)c2)CCS1. The number of guanidine groups is 1. The van der Waals surface area contributed by atoms with Crippen molar-refractivity contribution in [1.29, 1.82) is 0 Å². The smallest absolute Gasteiger partial charge is 0.193 e. The second kappa shape index (κ2) is 9.46. The van der Waals surface area contributed by atoms with E-state index in [1.54, 1.807) is 6.07 Å². The summed E-state index contributed by atoms with van der Waals surface area (Å²) in [4.78, 5) is 8.77. The Morgan fingerprint density at radius 2 is 2.15 bits per heavy atom. The first-order chi connectivity index (χ1) is 12.7. The van der Waals surface area contributed by atoms with E-state index in [1.165, 1.54) is 6.42 Å². The van der Waals surface area contributed by atoms with Crippen molar-refractivity contribution in [2.24, 2.45) is 4.99 Å². The van der Waals surface area contributed by atoms with Crippen molar-refractivity contribution in [2.45, 2.75) is 25.1 Å². The maximum Gasteiger partial charge on any atom is 0.193 e. The summed E-state index contributed by atoms with van der Waals surface area (Å²) in [5.74, 6) is 1.87. The summed E-state index contributed by atoms with van der Waals surface area (Å²) in [6, 6.07) is 5.51. The number of halogens is 1. The van der Waals surface area contributed by atoms with Gasteiger partial charge in [-0.15, -0.1) is 0 Å². The molecule has 5 nitrogen and oxygen atoms in total. The zero-order valence-electron chi connectivity index (χ0n) is 15.7. The second-order valence-corrected chi connectivity index (χ2v) is 8.04. The van der Waals surface area contributed by atoms with E-state index >= 15 is 0 Å². The number of benzene rings is 1. The van der Waals surface area contributed by atoms with Gasteiger partial charge in [0.1, 0.15) is 5.82 Å². The maximum absolute atomic E-state index is 14.5. The van der Waals surface area contributed by atoms with Crippen molar-refractivity contribution in [1.82, 2.24) is 10.2 Å². The van der Waals surface area contributed by atoms with Gasteiger partial charge in [0.25, 0.3) is 0 Å². The third-order valence-electron chi connectivity index (χ3n) is 4.92. The van der Waals surface area contributed by atoms with Crippen LogP contribution in [-0.2, 0) is 11.3 Å². The third-order valence-corrected chi connectivity index (χ3v) is 6.29. The molecule has 2 heterocycles. The highest BCUT2D eigenvalue weighted by molar-refractivity contribution is 8.00. The normalized spacial score (nSPS) is 21.8. The first-order valence-electron chi connectivity index (χ1n) is 9.39. The van der Waals surface area contributed by atoms with Crippen molar-refractivity contribution < 1.29 is 9.13 Å². The number of hydrogen-bond acceptors (Lipinski definition) is 4. The van der Waals surface area contributed by atoms with E-state index in [-0.39, 0.29) is 5.82 Å². The molecule has 1 aromatic carbocycles. The second-order valence-electron chi connectivity index (χ2n) is 6.63. The van der Waals surface area contributed by atoms with E-state index in [0.29, 0.717) is 30.7 Å². The Labute approximate surface area is 160 Å². The number of rotatable bonds is 4. The Hall–Kier alpha value is -1.47. The molecular weight excluding hydrogens is 351 g/mol. The van der Waals surface area contributed by atoms with Gasteiger partial charge in [-0.3, -0.25) is 4.99 Å². The highest BCUT2D eigenvalue weighted by Gasteiger charge is 2.21. The zero-order chi connectivity index (χ0) is 18.4. The van der Waals surface area contributed by atoms with Gasteiger partial charge in [0.15, 0.2) is 5.96 Å². The Bertz CT molecular complexity index is 622. The molecule has 2 saturated heterocycles. The molecule has 0 aromatic heterocycles. The molecular formula is C19H29FN4OS. The average Bonchev–Trinajstić information content (AvgIpc) is 2.69. The molecule has 2 aliphatic rings. The van der Waals surface area contributed by atoms with E-state index in [4.69, 9.17) is 4.74 Å². The number of nitrogens with one attached hydrogen (secondary N) is 1. The van der Waals surface area contributed by atoms with Crippen molar-refractivity contribution in [3.05, 3.63) is 29.6 Å². The number of morpholine rings is 1. The predicted molar refractivity (Wildman–Crippen MR) is 108 cm³/mol. The van der Waals surface area contributed by atoms with Crippen LogP contribution in [0.3, 0.4) is 0 Å². The molecule has 144 valence electrons. The van der Waals surface area contributed by atoms with Gasteiger partial charge in [0.2, 0.25) is 0 Å². The molecule has 2 fully saturated rings. The van der Waals surface area contributed by atoms with Gasteiger partial charge in [0, 0.05) is 50.8 Å². The van der Waals surface area contributed by atoms with Crippen molar-refractivity contribution in [3.63, 3.8) is 0 Å². The Morgan fingerprint density at radius 1 is 1.35 bits per heavy atom. The zero-order valence-corrected chi connectivity index (χ0v) is 16.5. The number of anilines is 1. The first-order valence-corrected chi connectivity index (χ1v) is 10.4. The standard InChI is InChI=1S/C19H29FN4OS/c1-3-16-14-24(8-11-26-16)19(21-2)22-13-15-4-5-18(17(20)12-15)23-6-9-25-10-7-23/h4-5,12,16H,3,6-11,13-14H2,1-2H3,(H,21,22). The molecule has 26 heavy (non-hydrogen) atoms. The average molecular weight is 381 g/mol. The van der Waals surface area contributed by atoms with Gasteiger partial charge < -0.3 is 19.9 Å². The summed E-state index contributed by atoms with van der Waals surface area (Å²) < 4.78 is 19.9. The van der Waals surface area contributed by atoms with Gasteiger partial charge in [-0.1, -0.05) is 13.0 Å². The van der Waals surface area contributed by atoms with E-state index in [0.717, 1.165) is 43.5 Å². The molecule has 1 unspecified atom stereocenters. The van der Waals surface area contributed by atoms with Crippen molar-refractivity contribution >= 4 is 23.4 Å². The third kappa shape index (κ3) is 4.82. The summed E-state index contributed by atoms with van der Waals surface area (Å²) in [6.45, 7) is 7.64. The van der Waals surface area contributed by atoms with Crippen molar-refractivity contribution in [3.8, 4) is 0 Å². The van der Waals surface area contributed by atoms with E-state index in [9.17, 15) is 4.39 Å². The van der Waals surface area contributed by atoms with Crippen molar-refractivity contribution in [2.75, 3.05) is 57.1 Å².